The summed E-state index contributed by atoms with van der Waals surface area (Å²) in [5, 5.41) is 9.24. The quantitative estimate of drug-likeness (QED) is 0.939. The van der Waals surface area contributed by atoms with Gasteiger partial charge in [0.15, 0.2) is 0 Å². The average Bonchev–Trinajstić information content (AvgIpc) is 3.16. The van der Waals surface area contributed by atoms with Crippen LogP contribution >= 0.6 is 0 Å². The van der Waals surface area contributed by atoms with E-state index in [1.54, 1.807) is 12.1 Å². The topological polar surface area (TPSA) is 55.1 Å². The number of hydrogen-bond donors (Lipinski definition) is 1. The minimum Gasteiger partial charge on any atom is -0.478 e. The van der Waals surface area contributed by atoms with Gasteiger partial charge in [0.1, 0.15) is 5.82 Å². The number of alkyl halides is 3. The maximum absolute atomic E-state index is 12.5. The SMILES string of the molecule is O=C(O)c1cccc2nc(C3CC3)n(CCC(F)(F)F)c12. The standard InChI is InChI=1S/C14H13F3N2O2/c15-14(16,17)6-7-19-11-9(13(20)21)2-1-3-10(11)18-12(19)8-4-5-8/h1-3,8H,4-7H2,(H,20,21). The molecule has 21 heavy (non-hydrogen) atoms. The Morgan fingerprint density at radius 3 is 2.67 bits per heavy atom. The van der Waals surface area contributed by atoms with Crippen LogP contribution in [-0.4, -0.2) is 26.8 Å². The van der Waals surface area contributed by atoms with E-state index in [2.05, 4.69) is 4.98 Å². The van der Waals surface area contributed by atoms with Crippen molar-refractivity contribution in [2.24, 2.45) is 0 Å². The van der Waals surface area contributed by atoms with Crippen LogP contribution in [0.15, 0.2) is 18.2 Å². The fourth-order valence-electron chi connectivity index (χ4n) is 2.49. The lowest BCUT2D eigenvalue weighted by Crippen LogP contribution is -2.14. The first kappa shape index (κ1) is 13.9. The van der Waals surface area contributed by atoms with Crippen LogP contribution in [0.4, 0.5) is 13.2 Å². The maximum atomic E-state index is 12.5. The molecule has 1 aromatic heterocycles. The van der Waals surface area contributed by atoms with Gasteiger partial charge in [-0.1, -0.05) is 6.07 Å². The highest BCUT2D eigenvalue weighted by Gasteiger charge is 2.33. The zero-order valence-electron chi connectivity index (χ0n) is 11.0. The van der Waals surface area contributed by atoms with Gasteiger partial charge >= 0.3 is 12.1 Å². The van der Waals surface area contributed by atoms with Crippen molar-refractivity contribution in [3.8, 4) is 0 Å². The van der Waals surface area contributed by atoms with Crippen molar-refractivity contribution >= 4 is 17.0 Å². The van der Waals surface area contributed by atoms with Gasteiger partial charge in [0.2, 0.25) is 0 Å². The van der Waals surface area contributed by atoms with Crippen molar-refractivity contribution < 1.29 is 23.1 Å². The number of hydrogen-bond acceptors (Lipinski definition) is 2. The van der Waals surface area contributed by atoms with Gasteiger partial charge in [0.25, 0.3) is 0 Å². The summed E-state index contributed by atoms with van der Waals surface area (Å²) in [5.41, 5.74) is 0.726. The Balaban J connectivity index is 2.13. The first-order valence-electron chi connectivity index (χ1n) is 6.66. The molecule has 1 aliphatic rings. The van der Waals surface area contributed by atoms with E-state index in [1.807, 2.05) is 0 Å². The number of benzene rings is 1. The highest BCUT2D eigenvalue weighted by Crippen LogP contribution is 2.41. The van der Waals surface area contributed by atoms with Gasteiger partial charge in [-0.25, -0.2) is 9.78 Å². The van der Waals surface area contributed by atoms with E-state index >= 15 is 0 Å². The number of fused-ring (bicyclic) bond motifs is 1. The third-order valence-corrected chi connectivity index (χ3v) is 3.59. The molecular weight excluding hydrogens is 285 g/mol. The first-order chi connectivity index (χ1) is 9.87. The van der Waals surface area contributed by atoms with Crippen LogP contribution < -0.4 is 0 Å². The number of nitrogens with zero attached hydrogens (tertiary/aromatic N) is 2. The summed E-state index contributed by atoms with van der Waals surface area (Å²) in [4.78, 5) is 15.7. The predicted octanol–water partition coefficient (Wildman–Crippen LogP) is 3.56. The predicted molar refractivity (Wildman–Crippen MR) is 69.3 cm³/mol. The Kier molecular flexibility index (Phi) is 3.15. The van der Waals surface area contributed by atoms with Gasteiger partial charge in [-0.2, -0.15) is 13.2 Å². The van der Waals surface area contributed by atoms with Crippen molar-refractivity contribution in [3.05, 3.63) is 29.6 Å². The summed E-state index contributed by atoms with van der Waals surface area (Å²) in [7, 11) is 0. The molecule has 7 heteroatoms. The minimum absolute atomic E-state index is 0.00549. The van der Waals surface area contributed by atoms with Gasteiger partial charge in [0.05, 0.1) is 23.0 Å². The molecule has 112 valence electrons. The van der Waals surface area contributed by atoms with Gasteiger partial charge in [-0.3, -0.25) is 0 Å². The van der Waals surface area contributed by atoms with E-state index < -0.39 is 18.6 Å². The number of carboxylic acid groups (broad SMARTS) is 1. The zero-order valence-corrected chi connectivity index (χ0v) is 11.0. The number of aromatic carboxylic acids is 1. The summed E-state index contributed by atoms with van der Waals surface area (Å²) in [6.07, 6.45) is -3.50. The number of para-hydroxylation sites is 1. The van der Waals surface area contributed by atoms with Crippen LogP contribution in [0, 0.1) is 0 Å². The Morgan fingerprint density at radius 2 is 2.10 bits per heavy atom. The molecule has 0 atom stereocenters. The molecule has 3 rings (SSSR count). The molecular formula is C14H13F3N2O2. The second-order valence-electron chi connectivity index (χ2n) is 5.24. The van der Waals surface area contributed by atoms with Crippen LogP contribution in [0.2, 0.25) is 0 Å². The van der Waals surface area contributed by atoms with Crippen molar-refractivity contribution in [2.75, 3.05) is 0 Å². The maximum Gasteiger partial charge on any atom is 0.390 e. The number of imidazole rings is 1. The number of aromatic nitrogens is 2. The molecule has 4 nitrogen and oxygen atoms in total. The van der Waals surface area contributed by atoms with Crippen molar-refractivity contribution in [3.63, 3.8) is 0 Å². The molecule has 0 radical (unpaired) electrons. The molecule has 0 aliphatic heterocycles. The molecule has 1 aromatic carbocycles. The number of rotatable bonds is 4. The Morgan fingerprint density at radius 1 is 1.38 bits per heavy atom. The molecule has 1 aliphatic carbocycles. The van der Waals surface area contributed by atoms with E-state index in [4.69, 9.17) is 0 Å². The molecule has 1 saturated carbocycles. The molecule has 1 heterocycles. The van der Waals surface area contributed by atoms with E-state index in [9.17, 15) is 23.1 Å². The van der Waals surface area contributed by atoms with Crippen LogP contribution in [-0.2, 0) is 6.54 Å². The second kappa shape index (κ2) is 4.75. The second-order valence-corrected chi connectivity index (χ2v) is 5.24. The third-order valence-electron chi connectivity index (χ3n) is 3.59. The Labute approximate surface area is 118 Å². The lowest BCUT2D eigenvalue weighted by molar-refractivity contribution is -0.136. The molecule has 1 N–H and O–H groups in total. The lowest BCUT2D eigenvalue weighted by Gasteiger charge is -2.12. The number of carboxylic acids is 1. The average molecular weight is 298 g/mol. The van der Waals surface area contributed by atoms with Crippen molar-refractivity contribution in [1.82, 2.24) is 9.55 Å². The zero-order chi connectivity index (χ0) is 15.2. The smallest absolute Gasteiger partial charge is 0.390 e. The van der Waals surface area contributed by atoms with Crippen molar-refractivity contribution in [2.45, 2.75) is 37.9 Å². The Bertz CT molecular complexity index is 702. The largest absolute Gasteiger partial charge is 0.478 e. The summed E-state index contributed by atoms with van der Waals surface area (Å²) in [5.74, 6) is -0.439. The molecule has 0 bridgehead atoms. The minimum atomic E-state index is -4.28. The van der Waals surface area contributed by atoms with E-state index in [-0.39, 0.29) is 23.5 Å². The van der Waals surface area contributed by atoms with Crippen LogP contribution in [0.25, 0.3) is 11.0 Å². The fraction of sp³-hybridized carbons (Fsp3) is 0.429. The lowest BCUT2D eigenvalue weighted by atomic mass is 10.2. The molecule has 0 saturated heterocycles. The summed E-state index contributed by atoms with van der Waals surface area (Å²) < 4.78 is 38.9. The molecule has 0 spiro atoms. The van der Waals surface area contributed by atoms with Gasteiger partial charge < -0.3 is 9.67 Å². The fourth-order valence-corrected chi connectivity index (χ4v) is 2.49. The van der Waals surface area contributed by atoms with Gasteiger partial charge in [0, 0.05) is 12.5 Å². The number of carbonyl (C=O) groups is 1. The van der Waals surface area contributed by atoms with Crippen molar-refractivity contribution in [1.29, 1.82) is 0 Å². The highest BCUT2D eigenvalue weighted by molar-refractivity contribution is 6.01. The summed E-state index contributed by atoms with van der Waals surface area (Å²) >= 11 is 0. The van der Waals surface area contributed by atoms with Crippen LogP contribution in [0.3, 0.4) is 0 Å². The molecule has 1 fully saturated rings. The van der Waals surface area contributed by atoms with Gasteiger partial charge in [-0.05, 0) is 25.0 Å². The van der Waals surface area contributed by atoms with E-state index in [0.717, 1.165) is 12.8 Å². The monoisotopic (exact) mass is 298 g/mol. The molecule has 0 amide bonds. The van der Waals surface area contributed by atoms with Crippen LogP contribution in [0.1, 0.15) is 41.4 Å². The van der Waals surface area contributed by atoms with E-state index in [1.165, 1.54) is 10.6 Å². The van der Waals surface area contributed by atoms with Crippen LogP contribution in [0.5, 0.6) is 0 Å². The molecule has 2 aromatic rings. The Hall–Kier alpha value is -2.05. The first-order valence-corrected chi connectivity index (χ1v) is 6.66. The van der Waals surface area contributed by atoms with Gasteiger partial charge in [-0.15, -0.1) is 0 Å². The highest BCUT2D eigenvalue weighted by atomic mass is 19.4. The normalized spacial score (nSPS) is 15.6. The number of halogens is 3. The van der Waals surface area contributed by atoms with E-state index in [0.29, 0.717) is 11.3 Å². The summed E-state index contributed by atoms with van der Waals surface area (Å²) in [6, 6.07) is 4.59. The third kappa shape index (κ3) is 2.72. The molecule has 0 unspecified atom stereocenters. The summed E-state index contributed by atoms with van der Waals surface area (Å²) in [6.45, 7) is -0.296. The number of aryl methyl sites for hydroxylation is 1.